The number of amides is 1. The Hall–Kier alpha value is -3.10. The van der Waals surface area contributed by atoms with Crippen molar-refractivity contribution in [2.24, 2.45) is 0 Å². The quantitative estimate of drug-likeness (QED) is 0.688. The van der Waals surface area contributed by atoms with Crippen LogP contribution in [0.3, 0.4) is 0 Å². The van der Waals surface area contributed by atoms with Gasteiger partial charge in [0.2, 0.25) is 0 Å². The van der Waals surface area contributed by atoms with Crippen LogP contribution in [0.2, 0.25) is 0 Å². The average molecular weight is 392 g/mol. The van der Waals surface area contributed by atoms with E-state index in [1.54, 1.807) is 16.8 Å². The van der Waals surface area contributed by atoms with E-state index >= 15 is 0 Å². The minimum absolute atomic E-state index is 0.0969. The second-order valence-corrected chi connectivity index (χ2v) is 7.15. The molecule has 2 aromatic carbocycles. The van der Waals surface area contributed by atoms with Gasteiger partial charge in [0.1, 0.15) is 6.33 Å². The lowest BCUT2D eigenvalue weighted by Crippen LogP contribution is -2.43. The molecular weight excluding hydrogens is 368 g/mol. The first-order chi connectivity index (χ1) is 14.2. The summed E-state index contributed by atoms with van der Waals surface area (Å²) in [6, 6.07) is 15.5. The number of aromatic nitrogens is 4. The molecular formula is C21H24N6O2. The summed E-state index contributed by atoms with van der Waals surface area (Å²) in [6.07, 6.45) is 1.52. The number of aryl methyl sites for hydroxylation is 1. The van der Waals surface area contributed by atoms with Crippen molar-refractivity contribution in [3.63, 3.8) is 0 Å². The Balaban J connectivity index is 1.49. The Labute approximate surface area is 169 Å². The standard InChI is InChI=1S/C21H24N6O2/c1-16-2-4-17(5-3-16)20(14-26-10-12-29-13-11-26)23-21(28)18-6-8-19(9-7-18)27-15-22-24-25-27/h2-9,15,20H,10-14H2,1H3,(H,23,28)/t20-/m1/s1. The van der Waals surface area contributed by atoms with Crippen molar-refractivity contribution in [1.82, 2.24) is 30.4 Å². The first-order valence-corrected chi connectivity index (χ1v) is 9.70. The van der Waals surface area contributed by atoms with E-state index in [4.69, 9.17) is 4.74 Å². The Bertz CT molecular complexity index is 919. The Morgan fingerprint density at radius 2 is 1.83 bits per heavy atom. The number of ether oxygens (including phenoxy) is 1. The van der Waals surface area contributed by atoms with Crippen LogP contribution in [0.1, 0.15) is 27.5 Å². The number of nitrogens with one attached hydrogen (secondary N) is 1. The molecule has 0 unspecified atom stereocenters. The molecule has 1 amide bonds. The van der Waals surface area contributed by atoms with Gasteiger partial charge in [0.05, 0.1) is 24.9 Å². The van der Waals surface area contributed by atoms with Crippen molar-refractivity contribution in [2.45, 2.75) is 13.0 Å². The summed E-state index contributed by atoms with van der Waals surface area (Å²) in [5.74, 6) is -0.105. The van der Waals surface area contributed by atoms with Crippen molar-refractivity contribution in [3.05, 3.63) is 71.5 Å². The predicted molar refractivity (Wildman–Crippen MR) is 108 cm³/mol. The molecule has 8 heteroatoms. The molecule has 1 aliphatic heterocycles. The van der Waals surface area contributed by atoms with Crippen LogP contribution in [-0.2, 0) is 4.74 Å². The predicted octanol–water partition coefficient (Wildman–Crippen LogP) is 1.77. The molecule has 1 aliphatic rings. The summed E-state index contributed by atoms with van der Waals surface area (Å²) in [6.45, 7) is 6.02. The lowest BCUT2D eigenvalue weighted by molar-refractivity contribution is 0.0332. The number of rotatable bonds is 6. The maximum Gasteiger partial charge on any atom is 0.251 e. The zero-order valence-electron chi connectivity index (χ0n) is 16.4. The first kappa shape index (κ1) is 19.2. The topological polar surface area (TPSA) is 85.2 Å². The Morgan fingerprint density at radius 1 is 1.10 bits per heavy atom. The van der Waals surface area contributed by atoms with Gasteiger partial charge in [0, 0.05) is 25.2 Å². The summed E-state index contributed by atoms with van der Waals surface area (Å²) < 4.78 is 7.00. The van der Waals surface area contributed by atoms with Crippen molar-refractivity contribution in [3.8, 4) is 5.69 Å². The minimum Gasteiger partial charge on any atom is -0.379 e. The van der Waals surface area contributed by atoms with Crippen molar-refractivity contribution >= 4 is 5.91 Å². The van der Waals surface area contributed by atoms with Gasteiger partial charge in [0.15, 0.2) is 0 Å². The molecule has 0 radical (unpaired) electrons. The molecule has 1 aromatic heterocycles. The molecule has 4 rings (SSSR count). The van der Waals surface area contributed by atoms with Crippen LogP contribution in [-0.4, -0.2) is 63.9 Å². The molecule has 2 heterocycles. The van der Waals surface area contributed by atoms with Crippen molar-refractivity contribution < 1.29 is 9.53 Å². The smallest absolute Gasteiger partial charge is 0.251 e. The fourth-order valence-electron chi connectivity index (χ4n) is 3.36. The Morgan fingerprint density at radius 3 is 2.48 bits per heavy atom. The van der Waals surface area contributed by atoms with Crippen molar-refractivity contribution in [1.29, 1.82) is 0 Å². The van der Waals surface area contributed by atoms with Gasteiger partial charge in [-0.25, -0.2) is 4.68 Å². The number of hydrogen-bond donors (Lipinski definition) is 1. The molecule has 29 heavy (non-hydrogen) atoms. The fraction of sp³-hybridized carbons (Fsp3) is 0.333. The average Bonchev–Trinajstić information content (AvgIpc) is 3.30. The van der Waals surface area contributed by atoms with E-state index in [0.717, 1.165) is 44.1 Å². The number of benzene rings is 2. The highest BCUT2D eigenvalue weighted by atomic mass is 16.5. The highest BCUT2D eigenvalue weighted by molar-refractivity contribution is 5.94. The Kier molecular flexibility index (Phi) is 5.92. The molecule has 0 saturated carbocycles. The highest BCUT2D eigenvalue weighted by Gasteiger charge is 2.21. The van der Waals surface area contributed by atoms with Crippen LogP contribution < -0.4 is 5.32 Å². The van der Waals surface area contributed by atoms with E-state index in [-0.39, 0.29) is 11.9 Å². The third-order valence-corrected chi connectivity index (χ3v) is 5.07. The molecule has 0 bridgehead atoms. The van der Waals surface area contributed by atoms with Gasteiger partial charge in [-0.2, -0.15) is 0 Å². The maximum absolute atomic E-state index is 12.9. The SMILES string of the molecule is Cc1ccc([C@@H](CN2CCOCC2)NC(=O)c2ccc(-n3cnnn3)cc2)cc1. The summed E-state index contributed by atoms with van der Waals surface area (Å²) in [5.41, 5.74) is 3.69. The van der Waals surface area contributed by atoms with Crippen LogP contribution in [0.15, 0.2) is 54.9 Å². The lowest BCUT2D eigenvalue weighted by atomic mass is 10.0. The second-order valence-electron chi connectivity index (χ2n) is 7.15. The molecule has 3 aromatic rings. The molecule has 1 atom stereocenters. The van der Waals surface area contributed by atoms with Gasteiger partial charge in [0.25, 0.3) is 5.91 Å². The van der Waals surface area contributed by atoms with E-state index in [1.165, 1.54) is 11.9 Å². The van der Waals surface area contributed by atoms with E-state index in [9.17, 15) is 4.79 Å². The maximum atomic E-state index is 12.9. The van der Waals surface area contributed by atoms with Crippen molar-refractivity contribution in [2.75, 3.05) is 32.8 Å². The van der Waals surface area contributed by atoms with Gasteiger partial charge >= 0.3 is 0 Å². The number of nitrogens with zero attached hydrogens (tertiary/aromatic N) is 5. The third-order valence-electron chi connectivity index (χ3n) is 5.07. The number of carbonyl (C=O) groups is 1. The molecule has 1 N–H and O–H groups in total. The summed E-state index contributed by atoms with van der Waals surface area (Å²) >= 11 is 0. The molecule has 0 aliphatic carbocycles. The fourth-order valence-corrected chi connectivity index (χ4v) is 3.36. The third kappa shape index (κ3) is 4.85. The monoisotopic (exact) mass is 392 g/mol. The number of hydrogen-bond acceptors (Lipinski definition) is 6. The van der Waals surface area contributed by atoms with Gasteiger partial charge in [-0.1, -0.05) is 29.8 Å². The summed E-state index contributed by atoms with van der Waals surface area (Å²) in [7, 11) is 0. The van der Waals surface area contributed by atoms with Gasteiger partial charge in [-0.15, -0.1) is 5.10 Å². The minimum atomic E-state index is -0.105. The van der Waals surface area contributed by atoms with Crippen LogP contribution in [0.5, 0.6) is 0 Å². The first-order valence-electron chi connectivity index (χ1n) is 9.70. The zero-order valence-corrected chi connectivity index (χ0v) is 16.4. The lowest BCUT2D eigenvalue weighted by Gasteiger charge is -2.31. The molecule has 1 fully saturated rings. The molecule has 8 nitrogen and oxygen atoms in total. The molecule has 1 saturated heterocycles. The summed E-state index contributed by atoms with van der Waals surface area (Å²) in [5, 5.41) is 14.3. The van der Waals surface area contributed by atoms with E-state index in [2.05, 4.69) is 56.9 Å². The number of tetrazole rings is 1. The number of carbonyl (C=O) groups excluding carboxylic acids is 1. The van der Waals surface area contributed by atoms with Gasteiger partial charge in [-0.3, -0.25) is 9.69 Å². The van der Waals surface area contributed by atoms with E-state index < -0.39 is 0 Å². The van der Waals surface area contributed by atoms with Crippen LogP contribution in [0.4, 0.5) is 0 Å². The largest absolute Gasteiger partial charge is 0.379 e. The second kappa shape index (κ2) is 8.93. The van der Waals surface area contributed by atoms with E-state index in [1.807, 2.05) is 12.1 Å². The van der Waals surface area contributed by atoms with Gasteiger partial charge < -0.3 is 10.1 Å². The normalized spacial score (nSPS) is 15.8. The molecule has 0 spiro atoms. The van der Waals surface area contributed by atoms with Gasteiger partial charge in [-0.05, 0) is 47.2 Å². The van der Waals surface area contributed by atoms with Crippen LogP contribution >= 0.6 is 0 Å². The van der Waals surface area contributed by atoms with E-state index in [0.29, 0.717) is 5.56 Å². The van der Waals surface area contributed by atoms with Crippen LogP contribution in [0, 0.1) is 6.92 Å². The molecule has 150 valence electrons. The zero-order chi connectivity index (χ0) is 20.1. The summed E-state index contributed by atoms with van der Waals surface area (Å²) in [4.78, 5) is 15.3. The van der Waals surface area contributed by atoms with Crippen LogP contribution in [0.25, 0.3) is 5.69 Å². The highest BCUT2D eigenvalue weighted by Crippen LogP contribution is 2.18. The number of morpholine rings is 1.